The van der Waals surface area contributed by atoms with Gasteiger partial charge in [-0.05, 0) is 61.7 Å². The topological polar surface area (TPSA) is 145 Å². The highest BCUT2D eigenvalue weighted by atomic mass is 35.5. The number of H-pyrrole nitrogens is 1. The second-order valence-corrected chi connectivity index (χ2v) is 11.7. The fraction of sp³-hybridized carbons (Fsp3) is 0.179. The van der Waals surface area contributed by atoms with Crippen molar-refractivity contribution in [3.8, 4) is 17.3 Å². The molecule has 0 spiro atoms. The maximum atomic E-state index is 13.4. The van der Waals surface area contributed by atoms with Crippen LogP contribution >= 0.6 is 11.6 Å². The van der Waals surface area contributed by atoms with Gasteiger partial charge in [0.05, 0.1) is 52.5 Å². The number of nitrogen functional groups attached to an aromatic ring is 1. The highest BCUT2D eigenvalue weighted by Crippen LogP contribution is 2.31. The monoisotopic (exact) mass is 596 g/mol. The molecule has 0 atom stereocenters. The lowest BCUT2D eigenvalue weighted by atomic mass is 10.1. The Balaban J connectivity index is 1.39. The molecule has 0 amide bonds. The predicted molar refractivity (Wildman–Crippen MR) is 157 cm³/mol. The lowest BCUT2D eigenvalue weighted by Crippen LogP contribution is -2.17. The molecule has 5 aromatic rings. The van der Waals surface area contributed by atoms with Gasteiger partial charge in [-0.15, -0.1) is 0 Å². The number of ketones is 1. The van der Waals surface area contributed by atoms with E-state index in [0.29, 0.717) is 44.5 Å². The van der Waals surface area contributed by atoms with Crippen molar-refractivity contribution in [2.24, 2.45) is 0 Å². The molecule has 0 aliphatic heterocycles. The number of rotatable bonds is 10. The summed E-state index contributed by atoms with van der Waals surface area (Å²) in [7, 11) is -3.71. The SMILES string of the molecule is Cc1cc2cc(C(=O)c3cnn(-c4cnc(Oc5ccccc5Cl)cc4C)c3N)[nH]c2cc1NS(=O)(=O)CCCF. The number of alkyl halides is 1. The Bertz CT molecular complexity index is 1890. The van der Waals surface area contributed by atoms with E-state index in [1.165, 1.54) is 10.9 Å². The summed E-state index contributed by atoms with van der Waals surface area (Å²) in [4.78, 5) is 20.8. The molecule has 0 fully saturated rings. The maximum Gasteiger partial charge on any atom is 0.232 e. The van der Waals surface area contributed by atoms with E-state index >= 15 is 0 Å². The minimum Gasteiger partial charge on any atom is -0.437 e. The second kappa shape index (κ2) is 11.2. The van der Waals surface area contributed by atoms with Gasteiger partial charge in [0.25, 0.3) is 0 Å². The number of aromatic nitrogens is 4. The van der Waals surface area contributed by atoms with Gasteiger partial charge in [0.15, 0.2) is 0 Å². The molecule has 0 aliphatic carbocycles. The average molecular weight is 597 g/mol. The van der Waals surface area contributed by atoms with Gasteiger partial charge in [0, 0.05) is 17.0 Å². The Morgan fingerprint density at radius 1 is 1.15 bits per heavy atom. The molecule has 0 aliphatic rings. The van der Waals surface area contributed by atoms with Crippen LogP contribution in [0, 0.1) is 13.8 Å². The Morgan fingerprint density at radius 3 is 2.66 bits per heavy atom. The number of pyridine rings is 1. The summed E-state index contributed by atoms with van der Waals surface area (Å²) in [5, 5.41) is 5.48. The van der Waals surface area contributed by atoms with Gasteiger partial charge in [0.1, 0.15) is 11.6 Å². The zero-order valence-corrected chi connectivity index (χ0v) is 23.7. The summed E-state index contributed by atoms with van der Waals surface area (Å²) in [6.45, 7) is 2.85. The van der Waals surface area contributed by atoms with E-state index in [2.05, 4.69) is 19.8 Å². The molecular formula is C28H26ClFN6O4S. The maximum absolute atomic E-state index is 13.4. The van der Waals surface area contributed by atoms with Crippen molar-refractivity contribution in [3.63, 3.8) is 0 Å². The van der Waals surface area contributed by atoms with Gasteiger partial charge in [-0.2, -0.15) is 5.10 Å². The van der Waals surface area contributed by atoms with Crippen LogP contribution in [-0.4, -0.2) is 46.4 Å². The first-order chi connectivity index (χ1) is 19.6. The van der Waals surface area contributed by atoms with Crippen LogP contribution in [0.5, 0.6) is 11.6 Å². The van der Waals surface area contributed by atoms with E-state index in [1.807, 2.05) is 6.92 Å². The fourth-order valence-corrected chi connectivity index (χ4v) is 5.62. The van der Waals surface area contributed by atoms with Crippen LogP contribution in [0.4, 0.5) is 15.9 Å². The number of ether oxygens (including phenoxy) is 1. The molecule has 3 aromatic heterocycles. The van der Waals surface area contributed by atoms with Crippen LogP contribution in [0.1, 0.15) is 33.6 Å². The molecule has 0 bridgehead atoms. The molecule has 4 N–H and O–H groups in total. The summed E-state index contributed by atoms with van der Waals surface area (Å²) < 4.78 is 46.7. The van der Waals surface area contributed by atoms with E-state index in [0.717, 1.165) is 5.56 Å². The molecule has 0 unspecified atom stereocenters. The van der Waals surface area contributed by atoms with Crippen LogP contribution in [0.3, 0.4) is 0 Å². The third kappa shape index (κ3) is 5.88. The number of anilines is 2. The van der Waals surface area contributed by atoms with Gasteiger partial charge in [-0.3, -0.25) is 13.9 Å². The molecule has 0 radical (unpaired) electrons. The number of carbonyl (C=O) groups excluding carboxylic acids is 1. The average Bonchev–Trinajstić information content (AvgIpc) is 3.51. The number of nitrogens with zero attached hydrogens (tertiary/aromatic N) is 3. The predicted octanol–water partition coefficient (Wildman–Crippen LogP) is 5.73. The Labute approximate surface area is 240 Å². The molecule has 10 nitrogen and oxygen atoms in total. The van der Waals surface area contributed by atoms with Gasteiger partial charge < -0.3 is 15.5 Å². The van der Waals surface area contributed by atoms with Crippen LogP contribution in [0.2, 0.25) is 5.02 Å². The molecule has 41 heavy (non-hydrogen) atoms. The number of benzene rings is 2. The van der Waals surface area contributed by atoms with E-state index in [1.54, 1.807) is 61.7 Å². The van der Waals surface area contributed by atoms with Gasteiger partial charge in [-0.25, -0.2) is 18.1 Å². The minimum absolute atomic E-state index is 0.0943. The first-order valence-corrected chi connectivity index (χ1v) is 14.6. The fourth-order valence-electron chi connectivity index (χ4n) is 4.30. The number of fused-ring (bicyclic) bond motifs is 1. The lowest BCUT2D eigenvalue weighted by molar-refractivity contribution is 0.103. The number of aromatic amines is 1. The van der Waals surface area contributed by atoms with Crippen LogP contribution < -0.4 is 15.2 Å². The van der Waals surface area contributed by atoms with E-state index in [-0.39, 0.29) is 29.2 Å². The zero-order chi connectivity index (χ0) is 29.3. The van der Waals surface area contributed by atoms with Crippen molar-refractivity contribution in [2.45, 2.75) is 20.3 Å². The molecule has 0 saturated carbocycles. The first-order valence-electron chi connectivity index (χ1n) is 12.5. The molecule has 13 heteroatoms. The van der Waals surface area contributed by atoms with E-state index in [9.17, 15) is 17.6 Å². The number of sulfonamides is 1. The molecular weight excluding hydrogens is 571 g/mol. The third-order valence-corrected chi connectivity index (χ3v) is 8.08. The summed E-state index contributed by atoms with van der Waals surface area (Å²) in [6, 6.07) is 13.8. The van der Waals surface area contributed by atoms with Crippen LogP contribution in [-0.2, 0) is 10.0 Å². The highest BCUT2D eigenvalue weighted by molar-refractivity contribution is 7.92. The summed E-state index contributed by atoms with van der Waals surface area (Å²) in [6.07, 6.45) is 2.83. The van der Waals surface area contributed by atoms with E-state index < -0.39 is 22.5 Å². The number of hydrogen-bond donors (Lipinski definition) is 3. The number of carbonyl (C=O) groups is 1. The molecule has 2 aromatic carbocycles. The molecule has 3 heterocycles. The Hall–Kier alpha value is -4.42. The number of halogens is 2. The second-order valence-electron chi connectivity index (χ2n) is 9.43. The van der Waals surface area contributed by atoms with Crippen molar-refractivity contribution >= 4 is 49.8 Å². The van der Waals surface area contributed by atoms with Crippen LogP contribution in [0.25, 0.3) is 16.6 Å². The lowest BCUT2D eigenvalue weighted by Gasteiger charge is -2.11. The Morgan fingerprint density at radius 2 is 1.93 bits per heavy atom. The molecule has 212 valence electrons. The summed E-state index contributed by atoms with van der Waals surface area (Å²) in [5.74, 6) is 0.201. The minimum atomic E-state index is -3.71. The quantitative estimate of drug-likeness (QED) is 0.175. The molecule has 5 rings (SSSR count). The van der Waals surface area contributed by atoms with E-state index in [4.69, 9.17) is 22.1 Å². The van der Waals surface area contributed by atoms with Gasteiger partial charge in [0.2, 0.25) is 21.7 Å². The van der Waals surface area contributed by atoms with Crippen molar-refractivity contribution < 1.29 is 22.3 Å². The summed E-state index contributed by atoms with van der Waals surface area (Å²) >= 11 is 6.17. The number of para-hydroxylation sites is 1. The Kier molecular flexibility index (Phi) is 7.70. The van der Waals surface area contributed by atoms with Crippen molar-refractivity contribution in [3.05, 3.63) is 88.3 Å². The number of nitrogens with one attached hydrogen (secondary N) is 2. The van der Waals surface area contributed by atoms with Crippen LogP contribution in [0.15, 0.2) is 60.9 Å². The normalized spacial score (nSPS) is 11.6. The van der Waals surface area contributed by atoms with Gasteiger partial charge >= 0.3 is 0 Å². The number of hydrogen-bond acceptors (Lipinski definition) is 7. The zero-order valence-electron chi connectivity index (χ0n) is 22.1. The first kappa shape index (κ1) is 28.1. The highest BCUT2D eigenvalue weighted by Gasteiger charge is 2.21. The number of nitrogens with two attached hydrogens (primary N) is 1. The molecule has 0 saturated heterocycles. The smallest absolute Gasteiger partial charge is 0.232 e. The largest absolute Gasteiger partial charge is 0.437 e. The number of aryl methyl sites for hydroxylation is 2. The van der Waals surface area contributed by atoms with Crippen molar-refractivity contribution in [2.75, 3.05) is 22.9 Å². The third-order valence-electron chi connectivity index (χ3n) is 6.41. The summed E-state index contributed by atoms with van der Waals surface area (Å²) in [5.41, 5.74) is 9.63. The standard InChI is InChI=1S/C28H26ClFN6O4S/c1-16-10-18-12-23(34-22(18)13-21(16)35-41(38,39)9-5-8-30)27(37)19-14-33-36(28(19)31)24-15-32-26(11-17(24)2)40-25-7-4-3-6-20(25)29/h3-4,6-7,10-15,34-35H,5,8-9,31H2,1-2H3. The van der Waals surface area contributed by atoms with Crippen molar-refractivity contribution in [1.82, 2.24) is 19.7 Å². The van der Waals surface area contributed by atoms with Crippen molar-refractivity contribution in [1.29, 1.82) is 0 Å². The van der Waals surface area contributed by atoms with Gasteiger partial charge in [-0.1, -0.05) is 23.7 Å².